The summed E-state index contributed by atoms with van der Waals surface area (Å²) in [6, 6.07) is 1.28. The molecule has 1 aromatic rings. The Morgan fingerprint density at radius 2 is 2.08 bits per heavy atom. The number of carbonyl (C=O) groups excluding carboxylic acids is 1. The van der Waals surface area contributed by atoms with Crippen LogP contribution in [-0.4, -0.2) is 6.29 Å². The van der Waals surface area contributed by atoms with Gasteiger partial charge in [0.15, 0.2) is 6.29 Å². The van der Waals surface area contributed by atoms with Crippen molar-refractivity contribution >= 4 is 38.1 Å². The van der Waals surface area contributed by atoms with Crippen molar-refractivity contribution < 1.29 is 9.18 Å². The van der Waals surface area contributed by atoms with Crippen molar-refractivity contribution in [2.75, 3.05) is 0 Å². The maximum atomic E-state index is 13.0. The first-order valence-corrected chi connectivity index (χ1v) is 4.75. The van der Waals surface area contributed by atoms with Gasteiger partial charge in [0.1, 0.15) is 5.82 Å². The molecule has 0 aliphatic carbocycles. The van der Waals surface area contributed by atoms with Crippen LogP contribution in [0.3, 0.4) is 0 Å². The number of aldehydes is 1. The minimum atomic E-state index is -0.334. The Kier molecular flexibility index (Phi) is 3.01. The molecule has 0 amide bonds. The van der Waals surface area contributed by atoms with Crippen LogP contribution in [0.25, 0.3) is 0 Å². The third kappa shape index (κ3) is 1.59. The lowest BCUT2D eigenvalue weighted by Crippen LogP contribution is -1.92. The number of rotatable bonds is 1. The summed E-state index contributed by atoms with van der Waals surface area (Å²) in [7, 11) is 0. The second-order valence-electron chi connectivity index (χ2n) is 2.31. The fraction of sp³-hybridized carbons (Fsp3) is 0.125. The lowest BCUT2D eigenvalue weighted by molar-refractivity contribution is 0.112. The van der Waals surface area contributed by atoms with Crippen molar-refractivity contribution in [3.05, 3.63) is 32.0 Å². The molecule has 0 unspecified atom stereocenters. The topological polar surface area (TPSA) is 17.1 Å². The Balaban J connectivity index is 3.51. The average molecular weight is 296 g/mol. The SMILES string of the molecule is Cc1c(F)cc(Br)c(C=O)c1Br. The Labute approximate surface area is 86.2 Å². The van der Waals surface area contributed by atoms with E-state index >= 15 is 0 Å². The van der Waals surface area contributed by atoms with Gasteiger partial charge in [0.2, 0.25) is 0 Å². The Morgan fingerprint density at radius 3 is 2.58 bits per heavy atom. The molecule has 1 aromatic carbocycles. The van der Waals surface area contributed by atoms with E-state index in [1.165, 1.54) is 6.07 Å². The standard InChI is InChI=1S/C8H5Br2FO/c1-4-7(11)2-6(9)5(3-12)8(4)10/h2-3H,1H3. The van der Waals surface area contributed by atoms with Crippen LogP contribution in [0.2, 0.25) is 0 Å². The molecule has 0 fully saturated rings. The fourth-order valence-electron chi connectivity index (χ4n) is 0.817. The molecule has 0 atom stereocenters. The lowest BCUT2D eigenvalue weighted by atomic mass is 10.1. The zero-order valence-corrected chi connectivity index (χ0v) is 9.37. The van der Waals surface area contributed by atoms with Crippen LogP contribution >= 0.6 is 31.9 Å². The van der Waals surface area contributed by atoms with Gasteiger partial charge in [0.05, 0.1) is 0 Å². The van der Waals surface area contributed by atoms with Crippen LogP contribution in [0.1, 0.15) is 15.9 Å². The molecule has 12 heavy (non-hydrogen) atoms. The Bertz CT molecular complexity index is 336. The molecule has 0 saturated heterocycles. The Morgan fingerprint density at radius 1 is 1.50 bits per heavy atom. The molecule has 0 radical (unpaired) electrons. The predicted molar refractivity (Wildman–Crippen MR) is 51.9 cm³/mol. The van der Waals surface area contributed by atoms with Crippen molar-refractivity contribution in [2.24, 2.45) is 0 Å². The van der Waals surface area contributed by atoms with Crippen molar-refractivity contribution in [1.29, 1.82) is 0 Å². The summed E-state index contributed by atoms with van der Waals surface area (Å²) in [5, 5.41) is 0. The third-order valence-electron chi connectivity index (χ3n) is 1.55. The molecule has 0 spiro atoms. The summed E-state index contributed by atoms with van der Waals surface area (Å²) in [5.41, 5.74) is 0.884. The van der Waals surface area contributed by atoms with Crippen molar-refractivity contribution in [3.63, 3.8) is 0 Å². The second kappa shape index (κ2) is 3.66. The minimum absolute atomic E-state index is 0.334. The van der Waals surface area contributed by atoms with Crippen molar-refractivity contribution in [1.82, 2.24) is 0 Å². The van der Waals surface area contributed by atoms with E-state index in [4.69, 9.17) is 0 Å². The maximum absolute atomic E-state index is 13.0. The molecule has 0 heterocycles. The first kappa shape index (κ1) is 9.86. The number of carbonyl (C=O) groups is 1. The van der Waals surface area contributed by atoms with Gasteiger partial charge in [-0.25, -0.2) is 4.39 Å². The number of halogens is 3. The van der Waals surface area contributed by atoms with E-state index in [2.05, 4.69) is 31.9 Å². The van der Waals surface area contributed by atoms with Crippen LogP contribution in [0.4, 0.5) is 4.39 Å². The van der Waals surface area contributed by atoms with Crippen LogP contribution in [0, 0.1) is 12.7 Å². The van der Waals surface area contributed by atoms with E-state index in [9.17, 15) is 9.18 Å². The maximum Gasteiger partial charge on any atom is 0.152 e. The Hall–Kier alpha value is -0.220. The molecule has 0 N–H and O–H groups in total. The first-order chi connectivity index (χ1) is 5.57. The fourth-order valence-corrected chi connectivity index (χ4v) is 2.07. The quantitative estimate of drug-likeness (QED) is 0.725. The van der Waals surface area contributed by atoms with Gasteiger partial charge in [-0.15, -0.1) is 0 Å². The zero-order chi connectivity index (χ0) is 9.30. The van der Waals surface area contributed by atoms with E-state index in [1.807, 2.05) is 0 Å². The highest BCUT2D eigenvalue weighted by molar-refractivity contribution is 9.11. The van der Waals surface area contributed by atoms with Gasteiger partial charge in [-0.1, -0.05) is 0 Å². The monoisotopic (exact) mass is 294 g/mol. The number of hydrogen-bond donors (Lipinski definition) is 0. The zero-order valence-electron chi connectivity index (χ0n) is 6.20. The first-order valence-electron chi connectivity index (χ1n) is 3.17. The number of benzene rings is 1. The molecule has 0 aliphatic heterocycles. The molecule has 0 saturated carbocycles. The van der Waals surface area contributed by atoms with Crippen LogP contribution in [0.15, 0.2) is 15.0 Å². The van der Waals surface area contributed by atoms with Gasteiger partial charge < -0.3 is 0 Å². The molecule has 0 bridgehead atoms. The lowest BCUT2D eigenvalue weighted by Gasteiger charge is -2.04. The normalized spacial score (nSPS) is 10.0. The molecule has 1 nitrogen and oxygen atoms in total. The highest BCUT2D eigenvalue weighted by Crippen LogP contribution is 2.29. The smallest absolute Gasteiger partial charge is 0.152 e. The van der Waals surface area contributed by atoms with Gasteiger partial charge in [0, 0.05) is 14.5 Å². The third-order valence-corrected chi connectivity index (χ3v) is 3.23. The van der Waals surface area contributed by atoms with Crippen LogP contribution < -0.4 is 0 Å². The second-order valence-corrected chi connectivity index (χ2v) is 3.96. The summed E-state index contributed by atoms with van der Waals surface area (Å²) in [6.45, 7) is 1.61. The number of hydrogen-bond acceptors (Lipinski definition) is 1. The summed E-state index contributed by atoms with van der Waals surface area (Å²) in [4.78, 5) is 10.5. The highest BCUT2D eigenvalue weighted by atomic mass is 79.9. The minimum Gasteiger partial charge on any atom is -0.298 e. The molecular formula is C8H5Br2FO. The van der Waals surface area contributed by atoms with E-state index in [0.717, 1.165) is 0 Å². The molecule has 0 aliphatic rings. The summed E-state index contributed by atoms with van der Waals surface area (Å²) in [6.07, 6.45) is 0.681. The average Bonchev–Trinajstić information content (AvgIpc) is 2.01. The van der Waals surface area contributed by atoms with E-state index in [1.54, 1.807) is 6.92 Å². The van der Waals surface area contributed by atoms with Crippen LogP contribution in [0.5, 0.6) is 0 Å². The van der Waals surface area contributed by atoms with Gasteiger partial charge in [-0.05, 0) is 50.4 Å². The van der Waals surface area contributed by atoms with Crippen molar-refractivity contribution in [2.45, 2.75) is 6.92 Å². The molecule has 64 valence electrons. The van der Waals surface area contributed by atoms with Crippen LogP contribution in [-0.2, 0) is 0 Å². The summed E-state index contributed by atoms with van der Waals surface area (Å²) in [5.74, 6) is -0.334. The summed E-state index contributed by atoms with van der Waals surface area (Å²) >= 11 is 6.23. The molecule has 0 aromatic heterocycles. The van der Waals surface area contributed by atoms with E-state index in [-0.39, 0.29) is 5.82 Å². The molecule has 1 rings (SSSR count). The van der Waals surface area contributed by atoms with Gasteiger partial charge in [0.25, 0.3) is 0 Å². The molecule has 4 heteroatoms. The van der Waals surface area contributed by atoms with Gasteiger partial charge in [-0.2, -0.15) is 0 Å². The van der Waals surface area contributed by atoms with E-state index < -0.39 is 0 Å². The van der Waals surface area contributed by atoms with Crippen molar-refractivity contribution in [3.8, 4) is 0 Å². The van der Waals surface area contributed by atoms with Gasteiger partial charge >= 0.3 is 0 Å². The molecular weight excluding hydrogens is 291 g/mol. The van der Waals surface area contributed by atoms with Gasteiger partial charge in [-0.3, -0.25) is 4.79 Å². The highest BCUT2D eigenvalue weighted by Gasteiger charge is 2.10. The van der Waals surface area contributed by atoms with E-state index in [0.29, 0.717) is 26.4 Å². The largest absolute Gasteiger partial charge is 0.298 e. The predicted octanol–water partition coefficient (Wildman–Crippen LogP) is 3.47. The summed E-state index contributed by atoms with van der Waals surface area (Å²) < 4.78 is 14.0.